The SMILES string of the molecule is C=C(OC)C(=O)O.N=C=S. The van der Waals surface area contributed by atoms with Crippen LogP contribution in [0.3, 0.4) is 0 Å². The number of ether oxygens (including phenoxy) is 1. The number of nitrogens with one attached hydrogen (secondary N) is 1. The summed E-state index contributed by atoms with van der Waals surface area (Å²) in [5.74, 6) is -1.36. The van der Waals surface area contributed by atoms with E-state index in [1.54, 1.807) is 5.16 Å². The number of carbonyl (C=O) groups is 1. The zero-order valence-electron chi connectivity index (χ0n) is 5.38. The molecule has 0 bridgehead atoms. The molecule has 0 saturated carbocycles. The van der Waals surface area contributed by atoms with Crippen molar-refractivity contribution in [2.45, 2.75) is 0 Å². The summed E-state index contributed by atoms with van der Waals surface area (Å²) >= 11 is 3.81. The van der Waals surface area contributed by atoms with E-state index in [9.17, 15) is 4.79 Å². The summed E-state index contributed by atoms with van der Waals surface area (Å²) in [6, 6.07) is 0. The van der Waals surface area contributed by atoms with Gasteiger partial charge in [-0.1, -0.05) is 0 Å². The maximum Gasteiger partial charge on any atom is 0.370 e. The fraction of sp³-hybridized carbons (Fsp3) is 0.200. The van der Waals surface area contributed by atoms with Gasteiger partial charge in [-0.25, -0.2) is 10.2 Å². The number of thiocarbonyl (C=S) groups is 1. The fourth-order valence-electron chi connectivity index (χ4n) is 0.0873. The first-order chi connectivity index (χ1) is 4.59. The van der Waals surface area contributed by atoms with Crippen molar-refractivity contribution in [3.05, 3.63) is 12.3 Å². The van der Waals surface area contributed by atoms with Crippen molar-refractivity contribution in [2.75, 3.05) is 7.11 Å². The van der Waals surface area contributed by atoms with Gasteiger partial charge in [0.15, 0.2) is 5.76 Å². The number of rotatable bonds is 2. The summed E-state index contributed by atoms with van der Waals surface area (Å²) in [4.78, 5) is 9.71. The molecule has 0 amide bonds. The highest BCUT2D eigenvalue weighted by Crippen LogP contribution is 1.86. The molecule has 2 N–H and O–H groups in total. The Balaban J connectivity index is 0. The van der Waals surface area contributed by atoms with E-state index in [1.165, 1.54) is 7.11 Å². The molecule has 0 fully saturated rings. The first-order valence-electron chi connectivity index (χ1n) is 2.10. The van der Waals surface area contributed by atoms with Crippen LogP contribution in [0.15, 0.2) is 12.3 Å². The van der Waals surface area contributed by atoms with Crippen LogP contribution in [0.4, 0.5) is 0 Å². The molecular formula is C5H7NO3S. The minimum absolute atomic E-state index is 0.236. The molecule has 0 unspecified atom stereocenters. The first kappa shape index (κ1) is 11.6. The molecule has 0 aliphatic carbocycles. The van der Waals surface area contributed by atoms with Crippen LogP contribution in [-0.2, 0) is 9.53 Å². The lowest BCUT2D eigenvalue weighted by Crippen LogP contribution is -1.99. The number of hydrogen-bond donors (Lipinski definition) is 2. The van der Waals surface area contributed by atoms with Crippen LogP contribution in [0.25, 0.3) is 0 Å². The van der Waals surface area contributed by atoms with Gasteiger partial charge < -0.3 is 9.84 Å². The molecule has 0 spiro atoms. The lowest BCUT2D eigenvalue weighted by Gasteiger charge is -1.92. The summed E-state index contributed by atoms with van der Waals surface area (Å²) in [7, 11) is 1.26. The van der Waals surface area contributed by atoms with Crippen molar-refractivity contribution < 1.29 is 14.6 Å². The third-order valence-corrected chi connectivity index (χ3v) is 0.485. The Kier molecular flexibility index (Phi) is 9.05. The van der Waals surface area contributed by atoms with Crippen molar-refractivity contribution >= 4 is 23.3 Å². The number of carboxylic acids is 1. The molecule has 0 radical (unpaired) electrons. The van der Waals surface area contributed by atoms with Crippen molar-refractivity contribution in [3.8, 4) is 0 Å². The molecule has 0 atom stereocenters. The number of isothiocyanates is 1. The summed E-state index contributed by atoms with van der Waals surface area (Å²) < 4.78 is 4.22. The summed E-state index contributed by atoms with van der Waals surface area (Å²) in [6.07, 6.45) is 0. The van der Waals surface area contributed by atoms with Crippen LogP contribution < -0.4 is 0 Å². The van der Waals surface area contributed by atoms with E-state index in [0.29, 0.717) is 0 Å². The van der Waals surface area contributed by atoms with Gasteiger partial charge in [0.25, 0.3) is 0 Å². The van der Waals surface area contributed by atoms with Crippen molar-refractivity contribution in [2.24, 2.45) is 0 Å². The number of carboxylic acid groups (broad SMARTS) is 1. The van der Waals surface area contributed by atoms with E-state index in [-0.39, 0.29) is 5.76 Å². The molecule has 0 aromatic rings. The van der Waals surface area contributed by atoms with E-state index in [1.807, 2.05) is 0 Å². The molecular weight excluding hydrogens is 154 g/mol. The van der Waals surface area contributed by atoms with E-state index in [0.717, 1.165) is 0 Å². The summed E-state index contributed by atoms with van der Waals surface area (Å²) in [5, 5.41) is 15.3. The van der Waals surface area contributed by atoms with Gasteiger partial charge in [0, 0.05) is 0 Å². The minimum Gasteiger partial charge on any atom is -0.490 e. The predicted octanol–water partition coefficient (Wildman–Crippen LogP) is 0.899. The van der Waals surface area contributed by atoms with Gasteiger partial charge in [-0.2, -0.15) is 0 Å². The summed E-state index contributed by atoms with van der Waals surface area (Å²) in [5.41, 5.74) is 0. The molecule has 10 heavy (non-hydrogen) atoms. The van der Waals surface area contributed by atoms with E-state index >= 15 is 0 Å². The maximum atomic E-state index is 9.71. The Bertz CT molecular complexity index is 160. The smallest absolute Gasteiger partial charge is 0.370 e. The van der Waals surface area contributed by atoms with Crippen LogP contribution in [0.1, 0.15) is 0 Å². The van der Waals surface area contributed by atoms with Gasteiger partial charge in [0.2, 0.25) is 0 Å². The molecule has 0 saturated heterocycles. The van der Waals surface area contributed by atoms with E-state index < -0.39 is 5.97 Å². The molecule has 56 valence electrons. The Morgan fingerprint density at radius 3 is 2.20 bits per heavy atom. The zero-order chi connectivity index (χ0) is 8.57. The van der Waals surface area contributed by atoms with Gasteiger partial charge in [-0.05, 0) is 18.8 Å². The average Bonchev–Trinajstić information content (AvgIpc) is 1.88. The van der Waals surface area contributed by atoms with Crippen LogP contribution in [-0.4, -0.2) is 23.3 Å². The average molecular weight is 161 g/mol. The molecule has 0 aromatic heterocycles. The monoisotopic (exact) mass is 161 g/mol. The van der Waals surface area contributed by atoms with Gasteiger partial charge in [-0.3, -0.25) is 0 Å². The largest absolute Gasteiger partial charge is 0.490 e. The van der Waals surface area contributed by atoms with Gasteiger partial charge >= 0.3 is 5.97 Å². The molecule has 0 aliphatic heterocycles. The van der Waals surface area contributed by atoms with Crippen molar-refractivity contribution in [1.29, 1.82) is 5.41 Å². The second kappa shape index (κ2) is 7.81. The minimum atomic E-state index is -1.12. The lowest BCUT2D eigenvalue weighted by molar-refractivity contribution is -0.136. The molecule has 0 heterocycles. The molecule has 0 rings (SSSR count). The van der Waals surface area contributed by atoms with Gasteiger partial charge in [-0.15, -0.1) is 0 Å². The molecule has 5 heteroatoms. The van der Waals surface area contributed by atoms with E-state index in [4.69, 9.17) is 10.5 Å². The Labute approximate surface area is 63.6 Å². The third kappa shape index (κ3) is 9.94. The van der Waals surface area contributed by atoms with Crippen molar-refractivity contribution in [3.63, 3.8) is 0 Å². The zero-order valence-corrected chi connectivity index (χ0v) is 6.20. The van der Waals surface area contributed by atoms with Crippen LogP contribution in [0.2, 0.25) is 0 Å². The van der Waals surface area contributed by atoms with Gasteiger partial charge in [0.05, 0.1) is 12.3 Å². The second-order valence-corrected chi connectivity index (χ2v) is 1.24. The normalized spacial score (nSPS) is 6.10. The molecule has 0 aliphatic rings. The quantitative estimate of drug-likeness (QED) is 0.273. The maximum absolute atomic E-state index is 9.71. The van der Waals surface area contributed by atoms with Crippen molar-refractivity contribution in [1.82, 2.24) is 0 Å². The topological polar surface area (TPSA) is 70.4 Å². The Morgan fingerprint density at radius 1 is 1.90 bits per heavy atom. The fourth-order valence-corrected chi connectivity index (χ4v) is 0.0873. The number of hydrogen-bond acceptors (Lipinski definition) is 4. The predicted molar refractivity (Wildman–Crippen MR) is 39.1 cm³/mol. The highest BCUT2D eigenvalue weighted by atomic mass is 32.1. The molecule has 0 aromatic carbocycles. The Hall–Kier alpha value is -1.19. The third-order valence-electron chi connectivity index (χ3n) is 0.485. The van der Waals surface area contributed by atoms with E-state index in [2.05, 4.69) is 23.5 Å². The number of methoxy groups -OCH3 is 1. The van der Waals surface area contributed by atoms with Gasteiger partial charge in [0.1, 0.15) is 0 Å². The highest BCUT2D eigenvalue weighted by Gasteiger charge is 1.98. The lowest BCUT2D eigenvalue weighted by atomic mass is 10.6. The Morgan fingerprint density at radius 2 is 2.20 bits per heavy atom. The second-order valence-electron chi connectivity index (χ2n) is 1.03. The van der Waals surface area contributed by atoms with Crippen LogP contribution in [0.5, 0.6) is 0 Å². The van der Waals surface area contributed by atoms with Crippen LogP contribution >= 0.6 is 12.2 Å². The summed E-state index contributed by atoms with van der Waals surface area (Å²) in [6.45, 7) is 3.05. The highest BCUT2D eigenvalue weighted by molar-refractivity contribution is 7.78. The number of aliphatic carboxylic acids is 1. The molecule has 4 nitrogen and oxygen atoms in total. The first-order valence-corrected chi connectivity index (χ1v) is 2.51. The standard InChI is InChI=1S/C4H6O3.CHNS/c1-3(7-2)4(5)6;2-1-3/h1H2,2H3,(H,5,6);2H. The van der Waals surface area contributed by atoms with Crippen LogP contribution in [0, 0.1) is 5.41 Å².